The van der Waals surface area contributed by atoms with E-state index in [0.717, 1.165) is 25.8 Å². The van der Waals surface area contributed by atoms with Crippen LogP contribution in [-0.2, 0) is 14.8 Å². The van der Waals surface area contributed by atoms with Crippen molar-refractivity contribution in [2.24, 2.45) is 11.8 Å². The Labute approximate surface area is 183 Å². The van der Waals surface area contributed by atoms with Gasteiger partial charge in [0.15, 0.2) is 0 Å². The van der Waals surface area contributed by atoms with E-state index >= 15 is 0 Å². The number of piperazine rings is 1. The zero-order valence-corrected chi connectivity index (χ0v) is 18.5. The Morgan fingerprint density at radius 1 is 0.935 bits per heavy atom. The van der Waals surface area contributed by atoms with Gasteiger partial charge in [-0.15, -0.1) is 0 Å². The SMILES string of the molecule is O=C(N1CCN(S(=O)(=O)c2ccccc2)CC1)N1C[C@H]2C[C@H](C1)[C@H]1CCCC(=O)N1C2. The molecule has 4 aliphatic heterocycles. The first-order valence-electron chi connectivity index (χ1n) is 11.3. The third kappa shape index (κ3) is 3.82. The molecule has 1 aromatic carbocycles. The summed E-state index contributed by atoms with van der Waals surface area (Å²) in [4.78, 5) is 31.7. The van der Waals surface area contributed by atoms with Gasteiger partial charge >= 0.3 is 6.03 Å². The Morgan fingerprint density at radius 3 is 2.42 bits per heavy atom. The molecule has 168 valence electrons. The van der Waals surface area contributed by atoms with Gasteiger partial charge in [-0.3, -0.25) is 4.79 Å². The number of sulfonamides is 1. The van der Waals surface area contributed by atoms with Crippen molar-refractivity contribution in [2.45, 2.75) is 36.6 Å². The summed E-state index contributed by atoms with van der Waals surface area (Å²) in [5, 5.41) is 0. The van der Waals surface area contributed by atoms with Crippen LogP contribution >= 0.6 is 0 Å². The van der Waals surface area contributed by atoms with Crippen LogP contribution in [0.25, 0.3) is 0 Å². The Kier molecular flexibility index (Phi) is 5.42. The highest BCUT2D eigenvalue weighted by Crippen LogP contribution is 2.38. The molecule has 0 saturated carbocycles. The van der Waals surface area contributed by atoms with E-state index < -0.39 is 10.0 Å². The van der Waals surface area contributed by atoms with Crippen molar-refractivity contribution in [1.82, 2.24) is 19.0 Å². The third-order valence-corrected chi connectivity index (χ3v) is 9.25. The van der Waals surface area contributed by atoms with Gasteiger partial charge in [0, 0.05) is 58.3 Å². The molecule has 3 amide bonds. The van der Waals surface area contributed by atoms with Crippen molar-refractivity contribution in [1.29, 1.82) is 0 Å². The van der Waals surface area contributed by atoms with Crippen LogP contribution in [0.1, 0.15) is 25.7 Å². The second-order valence-electron chi connectivity index (χ2n) is 9.26. The number of hydrogen-bond acceptors (Lipinski definition) is 4. The first-order chi connectivity index (χ1) is 14.9. The molecule has 8 nitrogen and oxygen atoms in total. The number of carbonyl (C=O) groups is 2. The lowest BCUT2D eigenvalue weighted by molar-refractivity contribution is -0.144. The van der Waals surface area contributed by atoms with Gasteiger partial charge < -0.3 is 14.7 Å². The van der Waals surface area contributed by atoms with Gasteiger partial charge in [-0.2, -0.15) is 4.31 Å². The molecular weight excluding hydrogens is 416 g/mol. The second-order valence-corrected chi connectivity index (χ2v) is 11.2. The van der Waals surface area contributed by atoms with Gasteiger partial charge in [-0.1, -0.05) is 18.2 Å². The summed E-state index contributed by atoms with van der Waals surface area (Å²) in [5.41, 5.74) is 0. The topological polar surface area (TPSA) is 81.2 Å². The molecule has 0 N–H and O–H groups in total. The smallest absolute Gasteiger partial charge is 0.320 e. The van der Waals surface area contributed by atoms with Gasteiger partial charge in [0.1, 0.15) is 0 Å². The zero-order valence-electron chi connectivity index (χ0n) is 17.7. The molecule has 4 aliphatic rings. The predicted molar refractivity (Wildman–Crippen MR) is 115 cm³/mol. The number of likely N-dealkylation sites (tertiary alicyclic amines) is 1. The summed E-state index contributed by atoms with van der Waals surface area (Å²) >= 11 is 0. The van der Waals surface area contributed by atoms with E-state index in [1.54, 1.807) is 35.2 Å². The molecule has 1 aromatic rings. The average Bonchev–Trinajstić information content (AvgIpc) is 2.80. The highest BCUT2D eigenvalue weighted by atomic mass is 32.2. The quantitative estimate of drug-likeness (QED) is 0.689. The second kappa shape index (κ2) is 8.09. The van der Waals surface area contributed by atoms with Gasteiger partial charge in [0.25, 0.3) is 0 Å². The molecule has 0 aliphatic carbocycles. The number of urea groups is 1. The molecule has 4 fully saturated rings. The molecule has 5 rings (SSSR count). The van der Waals surface area contributed by atoms with Crippen LogP contribution < -0.4 is 0 Å². The number of benzene rings is 1. The molecule has 0 radical (unpaired) electrons. The Balaban J connectivity index is 1.21. The molecule has 4 saturated heterocycles. The first kappa shape index (κ1) is 20.8. The number of hydrogen-bond donors (Lipinski definition) is 0. The van der Waals surface area contributed by atoms with Crippen molar-refractivity contribution >= 4 is 22.0 Å². The summed E-state index contributed by atoms with van der Waals surface area (Å²) in [6, 6.07) is 8.76. The van der Waals surface area contributed by atoms with Gasteiger partial charge in [-0.05, 0) is 43.2 Å². The molecule has 0 aromatic heterocycles. The third-order valence-electron chi connectivity index (χ3n) is 7.34. The van der Waals surface area contributed by atoms with Crippen molar-refractivity contribution in [3.8, 4) is 0 Å². The lowest BCUT2D eigenvalue weighted by Gasteiger charge is -2.53. The lowest BCUT2D eigenvalue weighted by atomic mass is 9.76. The molecule has 4 heterocycles. The minimum atomic E-state index is -3.52. The Bertz CT molecular complexity index is 946. The standard InChI is InChI=1S/C22H30N4O4S/c27-21-8-4-7-20-18-13-17(15-26(20)21)14-24(16-18)22(28)23-9-11-25(12-10-23)31(29,30)19-5-2-1-3-6-19/h1-3,5-6,17-18,20H,4,7-16H2/t17-,18-,20-/m1/s1. The number of piperidine rings is 3. The largest absolute Gasteiger partial charge is 0.339 e. The highest BCUT2D eigenvalue weighted by molar-refractivity contribution is 7.89. The maximum atomic E-state index is 13.2. The van der Waals surface area contributed by atoms with Gasteiger partial charge in [-0.25, -0.2) is 13.2 Å². The van der Waals surface area contributed by atoms with Crippen LogP contribution in [0.2, 0.25) is 0 Å². The number of amides is 3. The van der Waals surface area contributed by atoms with E-state index in [4.69, 9.17) is 0 Å². The fraction of sp³-hybridized carbons (Fsp3) is 0.636. The molecule has 31 heavy (non-hydrogen) atoms. The highest BCUT2D eigenvalue weighted by Gasteiger charge is 2.45. The van der Waals surface area contributed by atoms with E-state index in [9.17, 15) is 18.0 Å². The van der Waals surface area contributed by atoms with Crippen LogP contribution in [0.4, 0.5) is 4.79 Å². The Hall–Kier alpha value is -2.13. The van der Waals surface area contributed by atoms with Crippen molar-refractivity contribution < 1.29 is 18.0 Å². The van der Waals surface area contributed by atoms with Crippen LogP contribution in [0.3, 0.4) is 0 Å². The molecule has 2 bridgehead atoms. The van der Waals surface area contributed by atoms with Crippen molar-refractivity contribution in [3.63, 3.8) is 0 Å². The maximum absolute atomic E-state index is 13.2. The predicted octanol–water partition coefficient (Wildman–Crippen LogP) is 1.45. The van der Waals surface area contributed by atoms with E-state index in [2.05, 4.69) is 4.90 Å². The zero-order chi connectivity index (χ0) is 21.6. The number of rotatable bonds is 2. The molecule has 0 unspecified atom stereocenters. The molecule has 0 spiro atoms. The van der Waals surface area contributed by atoms with E-state index in [0.29, 0.717) is 62.4 Å². The van der Waals surface area contributed by atoms with Crippen molar-refractivity contribution in [2.75, 3.05) is 45.8 Å². The Morgan fingerprint density at radius 2 is 1.68 bits per heavy atom. The van der Waals surface area contributed by atoms with Crippen LogP contribution in [-0.4, -0.2) is 91.2 Å². The molecule has 9 heteroatoms. The van der Waals surface area contributed by atoms with Crippen LogP contribution in [0, 0.1) is 11.8 Å². The van der Waals surface area contributed by atoms with Crippen LogP contribution in [0.5, 0.6) is 0 Å². The van der Waals surface area contributed by atoms with Crippen molar-refractivity contribution in [3.05, 3.63) is 30.3 Å². The number of fused-ring (bicyclic) bond motifs is 4. The molecule has 3 atom stereocenters. The fourth-order valence-electron chi connectivity index (χ4n) is 5.83. The van der Waals surface area contributed by atoms with Gasteiger partial charge in [0.2, 0.25) is 15.9 Å². The first-order valence-corrected chi connectivity index (χ1v) is 12.8. The minimum Gasteiger partial charge on any atom is -0.339 e. The van der Waals surface area contributed by atoms with Gasteiger partial charge in [0.05, 0.1) is 4.90 Å². The minimum absolute atomic E-state index is 0.0158. The van der Waals surface area contributed by atoms with E-state index in [1.807, 2.05) is 4.90 Å². The average molecular weight is 447 g/mol. The van der Waals surface area contributed by atoms with Crippen LogP contribution in [0.15, 0.2) is 35.2 Å². The number of carbonyl (C=O) groups excluding carboxylic acids is 2. The monoisotopic (exact) mass is 446 g/mol. The summed E-state index contributed by atoms with van der Waals surface area (Å²) in [6.45, 7) is 3.60. The van der Waals surface area contributed by atoms with E-state index in [1.165, 1.54) is 4.31 Å². The summed E-state index contributed by atoms with van der Waals surface area (Å²) in [7, 11) is -3.52. The van der Waals surface area contributed by atoms with E-state index in [-0.39, 0.29) is 18.0 Å². The molecular formula is C22H30N4O4S. The summed E-state index contributed by atoms with van der Waals surface area (Å²) in [5.74, 6) is 0.989. The summed E-state index contributed by atoms with van der Waals surface area (Å²) in [6.07, 6.45) is 3.75. The maximum Gasteiger partial charge on any atom is 0.320 e. The normalized spacial score (nSPS) is 29.6. The number of nitrogens with zero attached hydrogens (tertiary/aromatic N) is 4. The summed E-state index contributed by atoms with van der Waals surface area (Å²) < 4.78 is 27.2. The fourth-order valence-corrected chi connectivity index (χ4v) is 7.27. The lowest BCUT2D eigenvalue weighted by Crippen LogP contribution is -2.63.